The fourth-order valence-corrected chi connectivity index (χ4v) is 5.21. The van der Waals surface area contributed by atoms with Crippen molar-refractivity contribution in [1.29, 1.82) is 5.26 Å². The molecule has 2 aromatic rings. The van der Waals surface area contributed by atoms with E-state index < -0.39 is 5.92 Å². The van der Waals surface area contributed by atoms with Crippen LogP contribution >= 0.6 is 0 Å². The summed E-state index contributed by atoms with van der Waals surface area (Å²) in [4.78, 5) is 38.7. The number of allylic oxidation sites excluding steroid dienone is 1. The highest BCUT2D eigenvalue weighted by Crippen LogP contribution is 2.21. The maximum Gasteiger partial charge on any atom is 0.231 e. The molecule has 2 N–H and O–H groups in total. The van der Waals surface area contributed by atoms with Crippen LogP contribution in [0.2, 0.25) is 0 Å². The predicted molar refractivity (Wildman–Crippen MR) is 176 cm³/mol. The van der Waals surface area contributed by atoms with Gasteiger partial charge >= 0.3 is 0 Å². The number of amides is 2. The Bertz CT molecular complexity index is 1120. The second-order valence-corrected chi connectivity index (χ2v) is 11.4. The van der Waals surface area contributed by atoms with E-state index >= 15 is 0 Å². The van der Waals surface area contributed by atoms with Crippen LogP contribution in [0.4, 0.5) is 11.4 Å². The van der Waals surface area contributed by atoms with Gasteiger partial charge in [-0.25, -0.2) is 0 Å². The number of carbonyl (C=O) groups excluding carboxylic acids is 3. The molecular weight excluding hydrogens is 534 g/mol. The SMILES string of the molecule is CCCCCCCCCCCCCCC(CC=CC(CC(=O)Nc1ccccc1)C(=O)Nc1ccccc1)C(=O)CC#N. The smallest absolute Gasteiger partial charge is 0.231 e. The first-order valence-electron chi connectivity index (χ1n) is 16.3. The van der Waals surface area contributed by atoms with Crippen molar-refractivity contribution in [3.05, 3.63) is 72.8 Å². The fraction of sp³-hybridized carbons (Fsp3) is 0.514. The molecule has 2 unspecified atom stereocenters. The number of rotatable bonds is 23. The zero-order valence-electron chi connectivity index (χ0n) is 26.1. The van der Waals surface area contributed by atoms with Gasteiger partial charge in [0.15, 0.2) is 0 Å². The van der Waals surface area contributed by atoms with Crippen LogP contribution < -0.4 is 10.6 Å². The maximum atomic E-state index is 13.2. The lowest BCUT2D eigenvalue weighted by Gasteiger charge is -2.15. The van der Waals surface area contributed by atoms with E-state index in [1.807, 2.05) is 48.5 Å². The van der Waals surface area contributed by atoms with Crippen molar-refractivity contribution >= 4 is 29.0 Å². The molecule has 2 rings (SSSR count). The number of Topliss-reactive ketones (excluding diaryl/α,β-unsaturated/α-hetero) is 1. The monoisotopic (exact) mass is 585 g/mol. The summed E-state index contributed by atoms with van der Waals surface area (Å²) in [5.41, 5.74) is 1.33. The standard InChI is InChI=1S/C37H51N3O3/c1-2-3-4-5-6-7-8-9-10-11-12-15-21-31(35(41)28-29-38)22-20-23-32(37(43)40-34-26-18-14-19-27-34)30-36(42)39-33-24-16-13-17-25-33/h13-14,16-20,23-27,31-32H,2-12,15,21-22,28,30H2,1H3,(H,39,42)(H,40,43). The Morgan fingerprint density at radius 3 is 1.79 bits per heavy atom. The van der Waals surface area contributed by atoms with Crippen LogP contribution in [0, 0.1) is 23.2 Å². The number of nitrogens with one attached hydrogen (secondary N) is 2. The van der Waals surface area contributed by atoms with E-state index in [0.717, 1.165) is 19.3 Å². The molecule has 6 nitrogen and oxygen atoms in total. The van der Waals surface area contributed by atoms with Gasteiger partial charge in [0.2, 0.25) is 11.8 Å². The first-order chi connectivity index (χ1) is 21.0. The van der Waals surface area contributed by atoms with Crippen LogP contribution in [-0.4, -0.2) is 17.6 Å². The van der Waals surface area contributed by atoms with Crippen LogP contribution in [0.15, 0.2) is 72.8 Å². The van der Waals surface area contributed by atoms with Gasteiger partial charge in [-0.2, -0.15) is 5.26 Å². The molecule has 232 valence electrons. The van der Waals surface area contributed by atoms with E-state index in [0.29, 0.717) is 17.8 Å². The Balaban J connectivity index is 1.87. The molecule has 6 heteroatoms. The average Bonchev–Trinajstić information content (AvgIpc) is 3.01. The third-order valence-electron chi connectivity index (χ3n) is 7.74. The minimum absolute atomic E-state index is 0.0282. The Hall–Kier alpha value is -3.72. The van der Waals surface area contributed by atoms with Crippen molar-refractivity contribution in [3.63, 3.8) is 0 Å². The second kappa shape index (κ2) is 22.8. The molecule has 0 fully saturated rings. The van der Waals surface area contributed by atoms with Gasteiger partial charge in [0, 0.05) is 23.7 Å². The van der Waals surface area contributed by atoms with Crippen molar-refractivity contribution < 1.29 is 14.4 Å². The van der Waals surface area contributed by atoms with Crippen molar-refractivity contribution in [2.45, 2.75) is 110 Å². The van der Waals surface area contributed by atoms with Gasteiger partial charge in [-0.15, -0.1) is 0 Å². The topological polar surface area (TPSA) is 99.1 Å². The van der Waals surface area contributed by atoms with Crippen LogP contribution in [0.25, 0.3) is 0 Å². The van der Waals surface area contributed by atoms with E-state index in [-0.39, 0.29) is 36.4 Å². The number of hydrogen-bond acceptors (Lipinski definition) is 4. The summed E-state index contributed by atoms with van der Waals surface area (Å²) in [5, 5.41) is 14.9. The summed E-state index contributed by atoms with van der Waals surface area (Å²) in [5.74, 6) is -1.57. The molecule has 0 radical (unpaired) electrons. The van der Waals surface area contributed by atoms with Crippen LogP contribution in [0.1, 0.15) is 110 Å². The van der Waals surface area contributed by atoms with Gasteiger partial charge < -0.3 is 10.6 Å². The normalized spacial score (nSPS) is 12.4. The Labute approximate surface area is 259 Å². The lowest BCUT2D eigenvalue weighted by atomic mass is 9.90. The third-order valence-corrected chi connectivity index (χ3v) is 7.74. The van der Waals surface area contributed by atoms with Gasteiger partial charge in [-0.1, -0.05) is 133 Å². The van der Waals surface area contributed by atoms with Gasteiger partial charge in [0.25, 0.3) is 0 Å². The number of carbonyl (C=O) groups is 3. The molecular formula is C37H51N3O3. The number of nitrogens with zero attached hydrogens (tertiary/aromatic N) is 1. The molecule has 43 heavy (non-hydrogen) atoms. The molecule has 0 aliphatic carbocycles. The molecule has 2 aromatic carbocycles. The highest BCUT2D eigenvalue weighted by molar-refractivity contribution is 5.99. The number of unbranched alkanes of at least 4 members (excludes halogenated alkanes) is 11. The highest BCUT2D eigenvalue weighted by Gasteiger charge is 2.21. The van der Waals surface area contributed by atoms with E-state index in [1.165, 1.54) is 64.2 Å². The van der Waals surface area contributed by atoms with E-state index in [4.69, 9.17) is 5.26 Å². The van der Waals surface area contributed by atoms with Crippen molar-refractivity contribution in [2.75, 3.05) is 10.6 Å². The average molecular weight is 586 g/mol. The minimum atomic E-state index is -0.706. The number of para-hydroxylation sites is 2. The lowest BCUT2D eigenvalue weighted by molar-refractivity contribution is -0.123. The molecule has 0 spiro atoms. The number of hydrogen-bond donors (Lipinski definition) is 2. The zero-order chi connectivity index (χ0) is 31.0. The number of anilines is 2. The molecule has 2 atom stereocenters. The van der Waals surface area contributed by atoms with Crippen LogP contribution in [-0.2, 0) is 14.4 Å². The summed E-state index contributed by atoms with van der Waals surface area (Å²) < 4.78 is 0. The summed E-state index contributed by atoms with van der Waals surface area (Å²) in [6.45, 7) is 2.25. The van der Waals surface area contributed by atoms with Gasteiger partial charge in [0.05, 0.1) is 18.4 Å². The number of ketones is 1. The lowest BCUT2D eigenvalue weighted by Crippen LogP contribution is -2.26. The van der Waals surface area contributed by atoms with E-state index in [9.17, 15) is 14.4 Å². The first-order valence-corrected chi connectivity index (χ1v) is 16.3. The second-order valence-electron chi connectivity index (χ2n) is 11.4. The molecule has 0 bridgehead atoms. The van der Waals surface area contributed by atoms with Crippen molar-refractivity contribution in [2.24, 2.45) is 11.8 Å². The van der Waals surface area contributed by atoms with Crippen molar-refractivity contribution in [3.8, 4) is 6.07 Å². The molecule has 0 saturated heterocycles. The Kier molecular flexibility index (Phi) is 18.8. The number of nitriles is 1. The van der Waals surface area contributed by atoms with E-state index in [1.54, 1.807) is 30.3 Å². The number of benzene rings is 2. The van der Waals surface area contributed by atoms with Gasteiger partial charge in [-0.05, 0) is 37.1 Å². The molecule has 0 heterocycles. The molecule has 0 saturated carbocycles. The minimum Gasteiger partial charge on any atom is -0.326 e. The quantitative estimate of drug-likeness (QED) is 0.100. The molecule has 0 aliphatic heterocycles. The summed E-state index contributed by atoms with van der Waals surface area (Å²) in [6, 6.07) is 20.3. The Morgan fingerprint density at radius 2 is 1.26 bits per heavy atom. The molecule has 0 aromatic heterocycles. The summed E-state index contributed by atoms with van der Waals surface area (Å²) in [6.07, 6.45) is 19.7. The summed E-state index contributed by atoms with van der Waals surface area (Å²) >= 11 is 0. The van der Waals surface area contributed by atoms with Crippen molar-refractivity contribution in [1.82, 2.24) is 0 Å². The third kappa shape index (κ3) is 16.5. The maximum absolute atomic E-state index is 13.2. The Morgan fingerprint density at radius 1 is 0.744 bits per heavy atom. The first kappa shape index (κ1) is 35.5. The summed E-state index contributed by atoms with van der Waals surface area (Å²) in [7, 11) is 0. The van der Waals surface area contributed by atoms with Gasteiger partial charge in [-0.3, -0.25) is 14.4 Å². The van der Waals surface area contributed by atoms with Crippen LogP contribution in [0.3, 0.4) is 0 Å². The molecule has 0 aliphatic rings. The van der Waals surface area contributed by atoms with E-state index in [2.05, 4.69) is 17.6 Å². The van der Waals surface area contributed by atoms with Crippen LogP contribution in [0.5, 0.6) is 0 Å². The highest BCUT2D eigenvalue weighted by atomic mass is 16.2. The fourth-order valence-electron chi connectivity index (χ4n) is 5.21. The molecule has 2 amide bonds. The largest absolute Gasteiger partial charge is 0.326 e. The van der Waals surface area contributed by atoms with Gasteiger partial charge in [0.1, 0.15) is 5.78 Å². The predicted octanol–water partition coefficient (Wildman–Crippen LogP) is 9.41. The zero-order valence-corrected chi connectivity index (χ0v) is 26.1.